The molecular weight excluding hydrogens is 268 g/mol. The Morgan fingerprint density at radius 3 is 2.43 bits per heavy atom. The van der Waals surface area contributed by atoms with E-state index in [9.17, 15) is 9.90 Å². The average molecular weight is 292 g/mol. The van der Waals surface area contributed by atoms with Gasteiger partial charge >= 0.3 is 6.09 Å². The maximum atomic E-state index is 11.8. The maximum absolute atomic E-state index is 11.8. The van der Waals surface area contributed by atoms with Crippen molar-refractivity contribution in [2.24, 2.45) is 11.1 Å². The molecule has 116 valence electrons. The van der Waals surface area contributed by atoms with E-state index in [4.69, 9.17) is 10.5 Å². The molecule has 1 aromatic rings. The summed E-state index contributed by atoms with van der Waals surface area (Å²) in [5, 5.41) is 12.7. The fourth-order valence-corrected chi connectivity index (χ4v) is 2.57. The van der Waals surface area contributed by atoms with Crippen molar-refractivity contribution in [1.29, 1.82) is 0 Å². The van der Waals surface area contributed by atoms with Crippen LogP contribution in [0.4, 0.5) is 10.5 Å². The first-order chi connectivity index (χ1) is 9.52. The van der Waals surface area contributed by atoms with E-state index in [2.05, 4.69) is 19.2 Å². The summed E-state index contributed by atoms with van der Waals surface area (Å²) in [4.78, 5) is 11.8. The Hall–Kier alpha value is -1.75. The van der Waals surface area contributed by atoms with Gasteiger partial charge in [-0.3, -0.25) is 5.32 Å². The van der Waals surface area contributed by atoms with Crippen LogP contribution in [0.5, 0.6) is 5.75 Å². The Bertz CT molecular complexity index is 561. The Morgan fingerprint density at radius 2 is 1.95 bits per heavy atom. The Balaban J connectivity index is 2.15. The van der Waals surface area contributed by atoms with E-state index in [1.807, 2.05) is 0 Å². The molecule has 2 rings (SSSR count). The van der Waals surface area contributed by atoms with Gasteiger partial charge in [0.2, 0.25) is 0 Å². The molecule has 2 atom stereocenters. The van der Waals surface area contributed by atoms with Crippen LogP contribution in [0.1, 0.15) is 46.1 Å². The highest BCUT2D eigenvalue weighted by Crippen LogP contribution is 2.59. The topological polar surface area (TPSA) is 84.6 Å². The first kappa shape index (κ1) is 15.6. The summed E-state index contributed by atoms with van der Waals surface area (Å²) in [6.45, 7) is 9.55. The number of anilines is 1. The van der Waals surface area contributed by atoms with Crippen molar-refractivity contribution in [3.63, 3.8) is 0 Å². The largest absolute Gasteiger partial charge is 0.508 e. The highest BCUT2D eigenvalue weighted by atomic mass is 16.6. The van der Waals surface area contributed by atoms with Crippen molar-refractivity contribution < 1.29 is 14.6 Å². The molecule has 1 aromatic carbocycles. The number of hydrogen-bond donors (Lipinski definition) is 3. The van der Waals surface area contributed by atoms with E-state index in [1.165, 1.54) is 0 Å². The van der Waals surface area contributed by atoms with Gasteiger partial charge in [-0.15, -0.1) is 0 Å². The van der Waals surface area contributed by atoms with Crippen molar-refractivity contribution in [1.82, 2.24) is 0 Å². The van der Waals surface area contributed by atoms with Crippen molar-refractivity contribution in [3.8, 4) is 5.75 Å². The number of rotatable bonds is 2. The number of amides is 1. The summed E-state index contributed by atoms with van der Waals surface area (Å²) in [7, 11) is 0. The summed E-state index contributed by atoms with van der Waals surface area (Å²) in [6, 6.07) is 4.99. The number of ether oxygens (including phenoxy) is 1. The summed E-state index contributed by atoms with van der Waals surface area (Å²) in [5.74, 6) is 0.300. The number of phenols is 1. The van der Waals surface area contributed by atoms with Crippen LogP contribution in [-0.4, -0.2) is 22.8 Å². The van der Waals surface area contributed by atoms with Crippen molar-refractivity contribution in [3.05, 3.63) is 23.8 Å². The van der Waals surface area contributed by atoms with Crippen LogP contribution in [0.3, 0.4) is 0 Å². The van der Waals surface area contributed by atoms with Crippen LogP contribution in [0.25, 0.3) is 0 Å². The number of carbonyl (C=O) groups excluding carboxylic acids is 1. The molecule has 1 aliphatic rings. The summed E-state index contributed by atoms with van der Waals surface area (Å²) < 4.78 is 5.21. The molecule has 0 saturated heterocycles. The fraction of sp³-hybridized carbons (Fsp3) is 0.562. The SMILES string of the molecule is CC(C)(C)OC(=O)Nc1ccc(O)c([C@@H]2[C@@H](N)C2(C)C)c1. The van der Waals surface area contributed by atoms with Crippen molar-refractivity contribution in [2.45, 2.75) is 52.2 Å². The van der Waals surface area contributed by atoms with Gasteiger partial charge in [0.1, 0.15) is 11.4 Å². The smallest absolute Gasteiger partial charge is 0.412 e. The zero-order valence-corrected chi connectivity index (χ0v) is 13.2. The van der Waals surface area contributed by atoms with Gasteiger partial charge in [0.25, 0.3) is 0 Å². The highest BCUT2D eigenvalue weighted by Gasteiger charge is 2.57. The lowest BCUT2D eigenvalue weighted by atomic mass is 10.0. The molecule has 1 aliphatic carbocycles. The zero-order chi connectivity index (χ0) is 16.0. The van der Waals surface area contributed by atoms with E-state index < -0.39 is 11.7 Å². The number of benzene rings is 1. The Kier molecular flexibility index (Phi) is 3.66. The second kappa shape index (κ2) is 4.91. The predicted molar refractivity (Wildman–Crippen MR) is 82.5 cm³/mol. The minimum Gasteiger partial charge on any atom is -0.508 e. The Morgan fingerprint density at radius 1 is 1.38 bits per heavy atom. The molecule has 21 heavy (non-hydrogen) atoms. The van der Waals surface area contributed by atoms with Crippen molar-refractivity contribution >= 4 is 11.8 Å². The molecule has 4 N–H and O–H groups in total. The van der Waals surface area contributed by atoms with Gasteiger partial charge in [0.05, 0.1) is 0 Å². The van der Waals surface area contributed by atoms with Crippen LogP contribution in [0.2, 0.25) is 0 Å². The van der Waals surface area contributed by atoms with Crippen LogP contribution < -0.4 is 11.1 Å². The molecule has 5 nitrogen and oxygen atoms in total. The lowest BCUT2D eigenvalue weighted by Crippen LogP contribution is -2.27. The monoisotopic (exact) mass is 292 g/mol. The molecule has 0 heterocycles. The van der Waals surface area contributed by atoms with Gasteiger partial charge in [0, 0.05) is 23.2 Å². The lowest BCUT2D eigenvalue weighted by Gasteiger charge is -2.20. The number of aromatic hydroxyl groups is 1. The van der Waals surface area contributed by atoms with Crippen LogP contribution in [0, 0.1) is 5.41 Å². The standard InChI is InChI=1S/C16H24N2O3/c1-15(2,3)21-14(20)18-9-6-7-11(19)10(8-9)12-13(17)16(12,4)5/h6-8,12-13,19H,17H2,1-5H3,(H,18,20)/t12-,13-/m1/s1. The minimum atomic E-state index is -0.551. The molecule has 1 amide bonds. The summed E-state index contributed by atoms with van der Waals surface area (Å²) >= 11 is 0. The third kappa shape index (κ3) is 3.29. The molecule has 1 fully saturated rings. The van der Waals surface area contributed by atoms with Gasteiger partial charge in [0.15, 0.2) is 0 Å². The highest BCUT2D eigenvalue weighted by molar-refractivity contribution is 5.85. The predicted octanol–water partition coefficient (Wildman–Crippen LogP) is 3.19. The molecule has 5 heteroatoms. The van der Waals surface area contributed by atoms with E-state index in [0.29, 0.717) is 5.69 Å². The lowest BCUT2D eigenvalue weighted by molar-refractivity contribution is 0.0636. The summed E-state index contributed by atoms with van der Waals surface area (Å²) in [6.07, 6.45) is -0.515. The third-order valence-corrected chi connectivity index (χ3v) is 3.92. The Labute approximate surface area is 125 Å². The van der Waals surface area contributed by atoms with Crippen LogP contribution in [0.15, 0.2) is 18.2 Å². The molecule has 0 spiro atoms. The second-order valence-corrected chi connectivity index (χ2v) is 7.23. The zero-order valence-electron chi connectivity index (χ0n) is 13.2. The number of hydrogen-bond acceptors (Lipinski definition) is 4. The molecule has 1 saturated carbocycles. The number of phenolic OH excluding ortho intramolecular Hbond substituents is 1. The van der Waals surface area contributed by atoms with E-state index in [1.54, 1.807) is 39.0 Å². The first-order valence-corrected chi connectivity index (χ1v) is 7.11. The van der Waals surface area contributed by atoms with E-state index in [0.717, 1.165) is 5.56 Å². The van der Waals surface area contributed by atoms with Gasteiger partial charge < -0.3 is 15.6 Å². The normalized spacial score (nSPS) is 23.5. The van der Waals surface area contributed by atoms with Gasteiger partial charge in [-0.25, -0.2) is 4.79 Å². The average Bonchev–Trinajstić information content (AvgIpc) is 2.78. The van der Waals surface area contributed by atoms with Crippen molar-refractivity contribution in [2.75, 3.05) is 5.32 Å². The quantitative estimate of drug-likeness (QED) is 0.731. The molecule has 0 aliphatic heterocycles. The first-order valence-electron chi connectivity index (χ1n) is 7.11. The maximum Gasteiger partial charge on any atom is 0.412 e. The van der Waals surface area contributed by atoms with Crippen LogP contribution in [-0.2, 0) is 4.74 Å². The number of nitrogens with one attached hydrogen (secondary N) is 1. The van der Waals surface area contributed by atoms with Gasteiger partial charge in [-0.2, -0.15) is 0 Å². The third-order valence-electron chi connectivity index (χ3n) is 3.92. The fourth-order valence-electron chi connectivity index (χ4n) is 2.57. The van der Waals surface area contributed by atoms with Crippen LogP contribution >= 0.6 is 0 Å². The minimum absolute atomic E-state index is 0.0141. The van der Waals surface area contributed by atoms with Gasteiger partial charge in [-0.05, 0) is 44.4 Å². The van der Waals surface area contributed by atoms with E-state index >= 15 is 0 Å². The molecule has 0 bridgehead atoms. The summed E-state index contributed by atoms with van der Waals surface area (Å²) in [5.41, 5.74) is 6.82. The van der Waals surface area contributed by atoms with Gasteiger partial charge in [-0.1, -0.05) is 13.8 Å². The second-order valence-electron chi connectivity index (χ2n) is 7.23. The number of carbonyl (C=O) groups is 1. The molecule has 0 radical (unpaired) electrons. The molecule has 0 aromatic heterocycles. The molecular formula is C16H24N2O3. The molecule has 0 unspecified atom stereocenters. The number of nitrogens with two attached hydrogens (primary N) is 1. The van der Waals surface area contributed by atoms with E-state index in [-0.39, 0.29) is 23.1 Å².